The lowest BCUT2D eigenvalue weighted by Gasteiger charge is -2.31. The summed E-state index contributed by atoms with van der Waals surface area (Å²) in [4.78, 5) is 13.5. The Balaban J connectivity index is 2.28. The van der Waals surface area contributed by atoms with Crippen molar-refractivity contribution in [3.8, 4) is 0 Å². The SMILES string of the molecule is CCC(C)CN(C)C(=O)C1CNC1. The number of hydrogen-bond donors (Lipinski definition) is 1. The van der Waals surface area contributed by atoms with E-state index in [1.54, 1.807) is 0 Å². The highest BCUT2D eigenvalue weighted by molar-refractivity contribution is 5.79. The maximum Gasteiger partial charge on any atom is 0.228 e. The Morgan fingerprint density at radius 3 is 2.62 bits per heavy atom. The number of amides is 1. The fourth-order valence-electron chi connectivity index (χ4n) is 1.46. The van der Waals surface area contributed by atoms with Crippen LogP contribution in [0.2, 0.25) is 0 Å². The molecule has 0 aromatic carbocycles. The van der Waals surface area contributed by atoms with Crippen LogP contribution in [0.25, 0.3) is 0 Å². The Labute approximate surface area is 80.5 Å². The van der Waals surface area contributed by atoms with Gasteiger partial charge in [-0.1, -0.05) is 20.3 Å². The van der Waals surface area contributed by atoms with Crippen molar-refractivity contribution in [3.63, 3.8) is 0 Å². The molecule has 1 rings (SSSR count). The Kier molecular flexibility index (Phi) is 3.72. The maximum atomic E-state index is 11.7. The molecule has 3 heteroatoms. The van der Waals surface area contributed by atoms with E-state index >= 15 is 0 Å². The second-order valence-corrected chi connectivity index (χ2v) is 4.09. The van der Waals surface area contributed by atoms with Gasteiger partial charge in [-0.05, 0) is 5.92 Å². The van der Waals surface area contributed by atoms with Gasteiger partial charge in [0.1, 0.15) is 0 Å². The Morgan fingerprint density at radius 1 is 1.62 bits per heavy atom. The number of rotatable bonds is 4. The van der Waals surface area contributed by atoms with Gasteiger partial charge < -0.3 is 10.2 Å². The van der Waals surface area contributed by atoms with Gasteiger partial charge in [0.15, 0.2) is 0 Å². The summed E-state index contributed by atoms with van der Waals surface area (Å²) in [7, 11) is 1.91. The van der Waals surface area contributed by atoms with E-state index in [0.717, 1.165) is 26.1 Å². The van der Waals surface area contributed by atoms with Crippen molar-refractivity contribution in [2.45, 2.75) is 20.3 Å². The van der Waals surface area contributed by atoms with Crippen LogP contribution in [-0.2, 0) is 4.79 Å². The predicted octanol–water partition coefficient (Wildman–Crippen LogP) is 0.710. The zero-order valence-electron chi connectivity index (χ0n) is 8.84. The standard InChI is InChI=1S/C10H20N2O/c1-4-8(2)7-12(3)10(13)9-5-11-6-9/h8-9,11H,4-7H2,1-3H3. The van der Waals surface area contributed by atoms with Gasteiger partial charge in [0.25, 0.3) is 0 Å². The van der Waals surface area contributed by atoms with Crippen molar-refractivity contribution in [2.75, 3.05) is 26.7 Å². The molecule has 1 heterocycles. The van der Waals surface area contributed by atoms with Gasteiger partial charge in [-0.25, -0.2) is 0 Å². The highest BCUT2D eigenvalue weighted by Gasteiger charge is 2.27. The quantitative estimate of drug-likeness (QED) is 0.698. The van der Waals surface area contributed by atoms with Crippen molar-refractivity contribution in [2.24, 2.45) is 11.8 Å². The van der Waals surface area contributed by atoms with Crippen LogP contribution in [0.1, 0.15) is 20.3 Å². The fourth-order valence-corrected chi connectivity index (χ4v) is 1.46. The van der Waals surface area contributed by atoms with E-state index in [0.29, 0.717) is 11.8 Å². The molecule has 0 aromatic rings. The molecule has 0 aliphatic carbocycles. The smallest absolute Gasteiger partial charge is 0.228 e. The molecule has 1 atom stereocenters. The molecule has 1 aliphatic heterocycles. The zero-order chi connectivity index (χ0) is 9.84. The van der Waals surface area contributed by atoms with Crippen molar-refractivity contribution < 1.29 is 4.79 Å². The minimum absolute atomic E-state index is 0.244. The summed E-state index contributed by atoms with van der Waals surface area (Å²) in [5.74, 6) is 1.16. The van der Waals surface area contributed by atoms with Crippen molar-refractivity contribution in [3.05, 3.63) is 0 Å². The molecule has 0 spiro atoms. The molecule has 3 nitrogen and oxygen atoms in total. The van der Waals surface area contributed by atoms with E-state index in [4.69, 9.17) is 0 Å². The number of carbonyl (C=O) groups is 1. The molecule has 1 aliphatic rings. The van der Waals surface area contributed by atoms with Crippen LogP contribution < -0.4 is 5.32 Å². The highest BCUT2D eigenvalue weighted by atomic mass is 16.2. The summed E-state index contributed by atoms with van der Waals surface area (Å²) in [5, 5.41) is 3.12. The van der Waals surface area contributed by atoms with E-state index in [-0.39, 0.29) is 5.92 Å². The monoisotopic (exact) mass is 184 g/mol. The summed E-state index contributed by atoms with van der Waals surface area (Å²) in [6.07, 6.45) is 1.14. The Bertz CT molecular complexity index is 178. The van der Waals surface area contributed by atoms with Crippen LogP contribution in [0.5, 0.6) is 0 Å². The van der Waals surface area contributed by atoms with Gasteiger partial charge in [0.2, 0.25) is 5.91 Å². The van der Waals surface area contributed by atoms with Gasteiger partial charge in [-0.2, -0.15) is 0 Å². The minimum atomic E-state index is 0.244. The molecule has 0 radical (unpaired) electrons. The first-order valence-electron chi connectivity index (χ1n) is 5.10. The number of carbonyl (C=O) groups excluding carboxylic acids is 1. The third-order valence-electron chi connectivity index (χ3n) is 2.79. The van der Waals surface area contributed by atoms with Crippen LogP contribution in [0.15, 0.2) is 0 Å². The minimum Gasteiger partial charge on any atom is -0.345 e. The van der Waals surface area contributed by atoms with Gasteiger partial charge in [0, 0.05) is 26.7 Å². The second kappa shape index (κ2) is 4.61. The molecule has 76 valence electrons. The topological polar surface area (TPSA) is 32.3 Å². The molecule has 1 amide bonds. The van der Waals surface area contributed by atoms with Gasteiger partial charge in [-0.15, -0.1) is 0 Å². The van der Waals surface area contributed by atoms with Gasteiger partial charge in [-0.3, -0.25) is 4.79 Å². The molecule has 1 saturated heterocycles. The van der Waals surface area contributed by atoms with Crippen LogP contribution in [0, 0.1) is 11.8 Å². The molecule has 0 saturated carbocycles. The van der Waals surface area contributed by atoms with Crippen molar-refractivity contribution in [1.29, 1.82) is 0 Å². The normalized spacial score (nSPS) is 19.3. The van der Waals surface area contributed by atoms with E-state index in [1.165, 1.54) is 0 Å². The van der Waals surface area contributed by atoms with Crippen LogP contribution in [0.3, 0.4) is 0 Å². The molecular formula is C10H20N2O. The molecule has 1 unspecified atom stereocenters. The summed E-state index contributed by atoms with van der Waals surface area (Å²) in [6, 6.07) is 0. The molecule has 1 fully saturated rings. The van der Waals surface area contributed by atoms with Crippen molar-refractivity contribution in [1.82, 2.24) is 10.2 Å². The van der Waals surface area contributed by atoms with E-state index in [9.17, 15) is 4.79 Å². The summed E-state index contributed by atoms with van der Waals surface area (Å²) < 4.78 is 0. The van der Waals surface area contributed by atoms with Crippen LogP contribution in [-0.4, -0.2) is 37.5 Å². The van der Waals surface area contributed by atoms with E-state index in [2.05, 4.69) is 19.2 Å². The zero-order valence-corrected chi connectivity index (χ0v) is 8.84. The third-order valence-corrected chi connectivity index (χ3v) is 2.79. The molecule has 1 N–H and O–H groups in total. The van der Waals surface area contributed by atoms with Gasteiger partial charge in [0.05, 0.1) is 5.92 Å². The average molecular weight is 184 g/mol. The van der Waals surface area contributed by atoms with E-state index in [1.807, 2.05) is 11.9 Å². The fraction of sp³-hybridized carbons (Fsp3) is 0.900. The number of nitrogens with zero attached hydrogens (tertiary/aromatic N) is 1. The Morgan fingerprint density at radius 2 is 2.23 bits per heavy atom. The summed E-state index contributed by atoms with van der Waals surface area (Å²) in [6.45, 7) is 6.97. The highest BCUT2D eigenvalue weighted by Crippen LogP contribution is 2.09. The number of nitrogens with one attached hydrogen (secondary N) is 1. The molecular weight excluding hydrogens is 164 g/mol. The predicted molar refractivity (Wildman–Crippen MR) is 53.5 cm³/mol. The third kappa shape index (κ3) is 2.69. The summed E-state index contributed by atoms with van der Waals surface area (Å²) >= 11 is 0. The largest absolute Gasteiger partial charge is 0.345 e. The first-order chi connectivity index (χ1) is 6.15. The molecule has 0 aromatic heterocycles. The lowest BCUT2D eigenvalue weighted by Crippen LogP contribution is -2.51. The maximum absolute atomic E-state index is 11.7. The molecule has 0 bridgehead atoms. The molecule has 13 heavy (non-hydrogen) atoms. The first kappa shape index (κ1) is 10.5. The Hall–Kier alpha value is -0.570. The van der Waals surface area contributed by atoms with Crippen molar-refractivity contribution >= 4 is 5.91 Å². The van der Waals surface area contributed by atoms with Crippen LogP contribution >= 0.6 is 0 Å². The summed E-state index contributed by atoms with van der Waals surface area (Å²) in [5.41, 5.74) is 0. The van der Waals surface area contributed by atoms with Gasteiger partial charge >= 0.3 is 0 Å². The lowest BCUT2D eigenvalue weighted by atomic mass is 10.0. The lowest BCUT2D eigenvalue weighted by molar-refractivity contribution is -0.136. The second-order valence-electron chi connectivity index (χ2n) is 4.09. The average Bonchev–Trinajstić information content (AvgIpc) is 2.00. The van der Waals surface area contributed by atoms with Crippen LogP contribution in [0.4, 0.5) is 0 Å². The number of hydrogen-bond acceptors (Lipinski definition) is 2. The van der Waals surface area contributed by atoms with E-state index < -0.39 is 0 Å². The first-order valence-corrected chi connectivity index (χ1v) is 5.10.